The van der Waals surface area contributed by atoms with Gasteiger partial charge < -0.3 is 5.32 Å². The molecule has 2 rings (SSSR count). The Kier molecular flexibility index (Phi) is 5.43. The van der Waals surface area contributed by atoms with Gasteiger partial charge in [0.25, 0.3) is 0 Å². The summed E-state index contributed by atoms with van der Waals surface area (Å²) in [6.07, 6.45) is 0. The smallest absolute Gasteiger partial charge is 0.123 e. The largest absolute Gasteiger partial charge is 0.309 e. The van der Waals surface area contributed by atoms with E-state index in [0.717, 1.165) is 17.2 Å². The molecule has 2 aromatic rings. The molecule has 0 spiro atoms. The first-order valence-electron chi connectivity index (χ1n) is 6.36. The molecule has 1 N–H and O–H groups in total. The van der Waals surface area contributed by atoms with E-state index in [1.165, 1.54) is 22.6 Å². The maximum absolute atomic E-state index is 12.9. The van der Waals surface area contributed by atoms with Crippen molar-refractivity contribution < 1.29 is 4.39 Å². The molecule has 0 amide bonds. The molecule has 0 aliphatic carbocycles. The number of hydrogen-bond acceptors (Lipinski definition) is 3. The van der Waals surface area contributed by atoms with Crippen molar-refractivity contribution in [2.75, 3.05) is 12.3 Å². The molecule has 0 bridgehead atoms. The molecule has 0 saturated heterocycles. The van der Waals surface area contributed by atoms with Crippen LogP contribution < -0.4 is 5.32 Å². The third-order valence-corrected chi connectivity index (χ3v) is 4.82. The van der Waals surface area contributed by atoms with Gasteiger partial charge in [0, 0.05) is 21.6 Å². The zero-order valence-corrected chi connectivity index (χ0v) is 12.8. The number of halogens is 1. The lowest BCUT2D eigenvalue weighted by Crippen LogP contribution is -2.22. The van der Waals surface area contributed by atoms with Crippen LogP contribution in [-0.2, 0) is 0 Å². The minimum atomic E-state index is -0.180. The maximum Gasteiger partial charge on any atom is 0.123 e. The van der Waals surface area contributed by atoms with Crippen molar-refractivity contribution in [1.29, 1.82) is 0 Å². The Balaban J connectivity index is 1.99. The molecule has 1 atom stereocenters. The first-order chi connectivity index (χ1) is 9.19. The molecule has 4 heteroatoms. The monoisotopic (exact) mass is 295 g/mol. The number of thiophene rings is 1. The molecule has 1 nitrogen and oxygen atoms in total. The lowest BCUT2D eigenvalue weighted by molar-refractivity contribution is 0.607. The van der Waals surface area contributed by atoms with Crippen molar-refractivity contribution in [2.45, 2.75) is 24.8 Å². The quantitative estimate of drug-likeness (QED) is 0.779. The van der Waals surface area contributed by atoms with E-state index in [4.69, 9.17) is 0 Å². The summed E-state index contributed by atoms with van der Waals surface area (Å²) in [5.41, 5.74) is 1.35. The summed E-state index contributed by atoms with van der Waals surface area (Å²) >= 11 is 3.54. The van der Waals surface area contributed by atoms with Gasteiger partial charge in [0.15, 0.2) is 0 Å². The molecule has 1 unspecified atom stereocenters. The normalized spacial score (nSPS) is 12.6. The highest BCUT2D eigenvalue weighted by Crippen LogP contribution is 2.27. The molecule has 1 aromatic heterocycles. The van der Waals surface area contributed by atoms with Crippen LogP contribution in [0.1, 0.15) is 23.4 Å². The van der Waals surface area contributed by atoms with Crippen LogP contribution >= 0.6 is 23.1 Å². The van der Waals surface area contributed by atoms with Gasteiger partial charge in [-0.2, -0.15) is 0 Å². The van der Waals surface area contributed by atoms with E-state index in [1.807, 2.05) is 12.1 Å². The minimum absolute atomic E-state index is 0.180. The van der Waals surface area contributed by atoms with Gasteiger partial charge in [-0.25, -0.2) is 4.39 Å². The highest BCUT2D eigenvalue weighted by Gasteiger charge is 2.12. The van der Waals surface area contributed by atoms with Gasteiger partial charge in [0.2, 0.25) is 0 Å². The molecule has 102 valence electrons. The van der Waals surface area contributed by atoms with Crippen LogP contribution in [0.2, 0.25) is 0 Å². The molecular formula is C15H18FNS2. The molecule has 19 heavy (non-hydrogen) atoms. The van der Waals surface area contributed by atoms with Crippen LogP contribution in [0.15, 0.2) is 40.6 Å². The predicted molar refractivity (Wildman–Crippen MR) is 82.6 cm³/mol. The van der Waals surface area contributed by atoms with Crippen LogP contribution in [0.25, 0.3) is 0 Å². The van der Waals surface area contributed by atoms with E-state index in [0.29, 0.717) is 6.04 Å². The number of thioether (sulfide) groups is 1. The van der Waals surface area contributed by atoms with Crippen LogP contribution in [0.3, 0.4) is 0 Å². The predicted octanol–water partition coefficient (Wildman–Crippen LogP) is 4.64. The van der Waals surface area contributed by atoms with E-state index < -0.39 is 0 Å². The SMILES string of the molecule is CCNC(CSc1ccc(F)cc1)c1csc(C)c1. The molecule has 1 heterocycles. The number of benzene rings is 1. The van der Waals surface area contributed by atoms with Crippen LogP contribution in [0, 0.1) is 12.7 Å². The lowest BCUT2D eigenvalue weighted by Gasteiger charge is -2.16. The first-order valence-corrected chi connectivity index (χ1v) is 8.22. The van der Waals surface area contributed by atoms with Crippen molar-refractivity contribution in [2.24, 2.45) is 0 Å². The second-order valence-corrected chi connectivity index (χ2v) is 6.57. The Bertz CT molecular complexity index is 507. The van der Waals surface area contributed by atoms with Crippen LogP contribution in [-0.4, -0.2) is 12.3 Å². The zero-order valence-electron chi connectivity index (χ0n) is 11.2. The zero-order chi connectivity index (χ0) is 13.7. The van der Waals surface area contributed by atoms with Crippen molar-refractivity contribution in [3.8, 4) is 0 Å². The van der Waals surface area contributed by atoms with E-state index in [2.05, 4.69) is 30.6 Å². The van der Waals surface area contributed by atoms with Gasteiger partial charge in [0.1, 0.15) is 5.82 Å². The van der Waals surface area contributed by atoms with Gasteiger partial charge in [-0.1, -0.05) is 6.92 Å². The Morgan fingerprint density at radius 1 is 1.32 bits per heavy atom. The van der Waals surface area contributed by atoms with Gasteiger partial charge in [-0.15, -0.1) is 23.1 Å². The average molecular weight is 295 g/mol. The number of aryl methyl sites for hydroxylation is 1. The van der Waals surface area contributed by atoms with Crippen LogP contribution in [0.4, 0.5) is 4.39 Å². The first kappa shape index (κ1) is 14.6. The lowest BCUT2D eigenvalue weighted by atomic mass is 10.2. The van der Waals surface area contributed by atoms with Crippen molar-refractivity contribution >= 4 is 23.1 Å². The third kappa shape index (κ3) is 4.34. The summed E-state index contributed by atoms with van der Waals surface area (Å²) in [6.45, 7) is 5.20. The molecular weight excluding hydrogens is 277 g/mol. The van der Waals surface area contributed by atoms with Crippen molar-refractivity contribution in [1.82, 2.24) is 5.32 Å². The highest BCUT2D eigenvalue weighted by atomic mass is 32.2. The van der Waals surface area contributed by atoms with Gasteiger partial charge in [0.05, 0.1) is 0 Å². The molecule has 1 aromatic carbocycles. The van der Waals surface area contributed by atoms with E-state index in [-0.39, 0.29) is 5.82 Å². The van der Waals surface area contributed by atoms with Gasteiger partial charge >= 0.3 is 0 Å². The fourth-order valence-corrected chi connectivity index (χ4v) is 3.63. The number of nitrogens with one attached hydrogen (secondary N) is 1. The molecule has 0 radical (unpaired) electrons. The van der Waals surface area contributed by atoms with Gasteiger partial charge in [-0.3, -0.25) is 0 Å². The third-order valence-electron chi connectivity index (χ3n) is 2.83. The topological polar surface area (TPSA) is 12.0 Å². The second kappa shape index (κ2) is 7.08. The fraction of sp³-hybridized carbons (Fsp3) is 0.333. The Morgan fingerprint density at radius 2 is 2.05 bits per heavy atom. The summed E-state index contributed by atoms with van der Waals surface area (Å²) in [4.78, 5) is 2.45. The number of rotatable bonds is 6. The number of hydrogen-bond donors (Lipinski definition) is 1. The van der Waals surface area contributed by atoms with Gasteiger partial charge in [-0.05, 0) is 54.7 Å². The Morgan fingerprint density at radius 3 is 2.63 bits per heavy atom. The average Bonchev–Trinajstić information content (AvgIpc) is 2.83. The summed E-state index contributed by atoms with van der Waals surface area (Å²) in [5, 5.41) is 5.72. The van der Waals surface area contributed by atoms with E-state index in [9.17, 15) is 4.39 Å². The maximum atomic E-state index is 12.9. The molecule has 0 fully saturated rings. The summed E-state index contributed by atoms with van der Waals surface area (Å²) < 4.78 is 12.9. The highest BCUT2D eigenvalue weighted by molar-refractivity contribution is 7.99. The Hall–Kier alpha value is -0.840. The van der Waals surface area contributed by atoms with Crippen molar-refractivity contribution in [3.63, 3.8) is 0 Å². The molecule has 0 saturated carbocycles. The Labute approximate surface area is 122 Å². The standard InChI is InChI=1S/C15H18FNS2/c1-3-17-15(12-8-11(2)18-9-12)10-19-14-6-4-13(16)5-7-14/h4-9,15,17H,3,10H2,1-2H3. The van der Waals surface area contributed by atoms with Crippen LogP contribution in [0.5, 0.6) is 0 Å². The minimum Gasteiger partial charge on any atom is -0.309 e. The van der Waals surface area contributed by atoms with Crippen molar-refractivity contribution in [3.05, 3.63) is 52.0 Å². The molecule has 0 aliphatic rings. The summed E-state index contributed by atoms with van der Waals surface area (Å²) in [5.74, 6) is 0.774. The molecule has 0 aliphatic heterocycles. The fourth-order valence-electron chi connectivity index (χ4n) is 1.88. The summed E-state index contributed by atoms with van der Waals surface area (Å²) in [6, 6.07) is 9.29. The summed E-state index contributed by atoms with van der Waals surface area (Å²) in [7, 11) is 0. The van der Waals surface area contributed by atoms with E-state index in [1.54, 1.807) is 23.1 Å². The second-order valence-electron chi connectivity index (χ2n) is 4.37. The van der Waals surface area contributed by atoms with E-state index >= 15 is 0 Å².